The van der Waals surface area contributed by atoms with Gasteiger partial charge in [-0.05, 0) is 35.9 Å². The lowest BCUT2D eigenvalue weighted by atomic mass is 10.1. The van der Waals surface area contributed by atoms with Gasteiger partial charge in [-0.3, -0.25) is 4.79 Å². The number of hydrogen-bond donors (Lipinski definition) is 2. The Bertz CT molecular complexity index is 836. The van der Waals surface area contributed by atoms with Gasteiger partial charge in [0.05, 0.1) is 18.4 Å². The molecule has 136 valence electrons. The molecule has 8 heteroatoms. The average Bonchev–Trinajstić information content (AvgIpc) is 2.60. The van der Waals surface area contributed by atoms with E-state index < -0.39 is 18.5 Å². The minimum Gasteiger partial charge on any atom is -0.493 e. The van der Waals surface area contributed by atoms with Gasteiger partial charge in [0.25, 0.3) is 0 Å². The third-order valence-corrected chi connectivity index (χ3v) is 3.25. The number of aromatic carboxylic acids is 1. The van der Waals surface area contributed by atoms with Crippen molar-refractivity contribution in [3.63, 3.8) is 0 Å². The molecule has 2 N–H and O–H groups in total. The van der Waals surface area contributed by atoms with E-state index in [1.807, 2.05) is 0 Å². The normalized spacial score (nSPS) is 10.8. The third-order valence-electron chi connectivity index (χ3n) is 3.25. The molecule has 0 aromatic heterocycles. The highest BCUT2D eigenvalue weighted by Crippen LogP contribution is 2.29. The summed E-state index contributed by atoms with van der Waals surface area (Å²) in [4.78, 5) is 23.1. The number of anilines is 1. The van der Waals surface area contributed by atoms with Crippen molar-refractivity contribution in [3.05, 3.63) is 59.7 Å². The number of amides is 1. The number of hydrogen-bond acceptors (Lipinski definition) is 4. The van der Waals surface area contributed by atoms with Crippen LogP contribution in [0.2, 0.25) is 0 Å². The molecule has 2 aromatic carbocycles. The molecule has 0 bridgehead atoms. The van der Waals surface area contributed by atoms with Gasteiger partial charge in [-0.15, -0.1) is 0 Å². The zero-order chi connectivity index (χ0) is 19.1. The predicted molar refractivity (Wildman–Crippen MR) is 90.7 cm³/mol. The topological polar surface area (TPSA) is 84.9 Å². The Morgan fingerprint density at radius 1 is 1.15 bits per heavy atom. The molecule has 0 aliphatic rings. The van der Waals surface area contributed by atoms with Crippen LogP contribution in [0.3, 0.4) is 0 Å². The SMILES string of the molecule is COc1cc(/C=C/C(=O)Nc2ccccc2C(=O)O)ccc1OC(F)F. The van der Waals surface area contributed by atoms with Crippen molar-refractivity contribution < 1.29 is 33.0 Å². The maximum Gasteiger partial charge on any atom is 0.387 e. The number of methoxy groups -OCH3 is 1. The van der Waals surface area contributed by atoms with Crippen molar-refractivity contribution in [2.45, 2.75) is 6.61 Å². The van der Waals surface area contributed by atoms with E-state index in [-0.39, 0.29) is 22.7 Å². The van der Waals surface area contributed by atoms with Crippen LogP contribution in [0.5, 0.6) is 11.5 Å². The zero-order valence-electron chi connectivity index (χ0n) is 13.6. The molecule has 0 atom stereocenters. The summed E-state index contributed by atoms with van der Waals surface area (Å²) in [7, 11) is 1.30. The first-order valence-electron chi connectivity index (χ1n) is 7.35. The molecular weight excluding hydrogens is 348 g/mol. The molecular formula is C18H15F2NO5. The second-order valence-corrected chi connectivity index (χ2v) is 4.96. The van der Waals surface area contributed by atoms with E-state index in [0.29, 0.717) is 5.56 Å². The van der Waals surface area contributed by atoms with Crippen molar-refractivity contribution in [2.75, 3.05) is 12.4 Å². The molecule has 2 aromatic rings. The highest BCUT2D eigenvalue weighted by molar-refractivity contribution is 6.06. The molecule has 0 saturated carbocycles. The minimum absolute atomic E-state index is 0.0376. The minimum atomic E-state index is -2.98. The summed E-state index contributed by atoms with van der Waals surface area (Å²) in [5.74, 6) is -1.75. The summed E-state index contributed by atoms with van der Waals surface area (Å²) < 4.78 is 33.9. The summed E-state index contributed by atoms with van der Waals surface area (Å²) in [6.07, 6.45) is 2.61. The molecule has 2 rings (SSSR count). The first kappa shape index (κ1) is 18.9. The lowest BCUT2D eigenvalue weighted by molar-refractivity contribution is -0.111. The Morgan fingerprint density at radius 2 is 1.88 bits per heavy atom. The second kappa shape index (κ2) is 8.61. The molecule has 6 nitrogen and oxygen atoms in total. The van der Waals surface area contributed by atoms with Crippen LogP contribution in [0.15, 0.2) is 48.5 Å². The van der Waals surface area contributed by atoms with Crippen molar-refractivity contribution in [1.29, 1.82) is 0 Å². The standard InChI is InChI=1S/C18H15F2NO5/c1-25-15-10-11(6-8-14(15)26-18(19)20)7-9-16(22)21-13-5-3-2-4-12(13)17(23)24/h2-10,18H,1H3,(H,21,22)(H,23,24)/b9-7+. The molecule has 0 aliphatic heterocycles. The Labute approximate surface area is 147 Å². The second-order valence-electron chi connectivity index (χ2n) is 4.96. The number of alkyl halides is 2. The number of halogens is 2. The fourth-order valence-corrected chi connectivity index (χ4v) is 2.11. The van der Waals surface area contributed by atoms with Gasteiger partial charge in [0, 0.05) is 6.08 Å². The van der Waals surface area contributed by atoms with Crippen LogP contribution in [-0.4, -0.2) is 30.7 Å². The molecule has 0 saturated heterocycles. The number of nitrogens with one attached hydrogen (secondary N) is 1. The number of ether oxygens (including phenoxy) is 2. The lowest BCUT2D eigenvalue weighted by Crippen LogP contribution is -2.11. The molecule has 0 aliphatic carbocycles. The van der Waals surface area contributed by atoms with Crippen molar-refractivity contribution in [3.8, 4) is 11.5 Å². The summed E-state index contributed by atoms with van der Waals surface area (Å²) >= 11 is 0. The fourth-order valence-electron chi connectivity index (χ4n) is 2.11. The van der Waals surface area contributed by atoms with Crippen LogP contribution in [-0.2, 0) is 4.79 Å². The van der Waals surface area contributed by atoms with Gasteiger partial charge in [-0.2, -0.15) is 8.78 Å². The quantitative estimate of drug-likeness (QED) is 0.734. The molecule has 0 radical (unpaired) electrons. The largest absolute Gasteiger partial charge is 0.493 e. The van der Waals surface area contributed by atoms with Crippen molar-refractivity contribution in [2.24, 2.45) is 0 Å². The first-order chi connectivity index (χ1) is 12.4. The predicted octanol–water partition coefficient (Wildman–Crippen LogP) is 3.65. The van der Waals surface area contributed by atoms with Crippen LogP contribution >= 0.6 is 0 Å². The van der Waals surface area contributed by atoms with Crippen molar-refractivity contribution >= 4 is 23.6 Å². The highest BCUT2D eigenvalue weighted by atomic mass is 19.3. The monoisotopic (exact) mass is 363 g/mol. The summed E-state index contributed by atoms with van der Waals surface area (Å²) in [6, 6.07) is 10.2. The number of carbonyl (C=O) groups excluding carboxylic acids is 1. The van der Waals surface area contributed by atoms with Crippen LogP contribution in [0.1, 0.15) is 15.9 Å². The number of carboxylic acid groups (broad SMARTS) is 1. The van der Waals surface area contributed by atoms with Crippen LogP contribution in [0.4, 0.5) is 14.5 Å². The van der Waals surface area contributed by atoms with E-state index in [0.717, 1.165) is 0 Å². The van der Waals surface area contributed by atoms with Gasteiger partial charge in [0.2, 0.25) is 5.91 Å². The zero-order valence-corrected chi connectivity index (χ0v) is 13.6. The van der Waals surface area contributed by atoms with E-state index in [4.69, 9.17) is 9.84 Å². The Hall–Kier alpha value is -3.42. The van der Waals surface area contributed by atoms with Gasteiger partial charge in [-0.25, -0.2) is 4.79 Å². The Balaban J connectivity index is 2.12. The van der Waals surface area contributed by atoms with Crippen LogP contribution in [0, 0.1) is 0 Å². The van der Waals surface area contributed by atoms with E-state index in [9.17, 15) is 18.4 Å². The summed E-state index contributed by atoms with van der Waals surface area (Å²) in [5.41, 5.74) is 0.627. The fraction of sp³-hybridized carbons (Fsp3) is 0.111. The van der Waals surface area contributed by atoms with Crippen LogP contribution in [0.25, 0.3) is 6.08 Å². The molecule has 0 heterocycles. The number of rotatable bonds is 7. The number of carbonyl (C=O) groups is 2. The van der Waals surface area contributed by atoms with Gasteiger partial charge in [0.1, 0.15) is 0 Å². The summed E-state index contributed by atoms with van der Waals surface area (Å²) in [6.45, 7) is -2.98. The van der Waals surface area contributed by atoms with E-state index in [2.05, 4.69) is 10.1 Å². The maximum absolute atomic E-state index is 12.3. The smallest absolute Gasteiger partial charge is 0.387 e. The maximum atomic E-state index is 12.3. The van der Waals surface area contributed by atoms with Crippen LogP contribution < -0.4 is 14.8 Å². The lowest BCUT2D eigenvalue weighted by Gasteiger charge is -2.10. The van der Waals surface area contributed by atoms with Gasteiger partial charge in [-0.1, -0.05) is 18.2 Å². The molecule has 26 heavy (non-hydrogen) atoms. The van der Waals surface area contributed by atoms with E-state index in [1.54, 1.807) is 12.1 Å². The molecule has 0 unspecified atom stereocenters. The Morgan fingerprint density at radius 3 is 2.54 bits per heavy atom. The van der Waals surface area contributed by atoms with E-state index >= 15 is 0 Å². The summed E-state index contributed by atoms with van der Waals surface area (Å²) in [5, 5.41) is 11.6. The molecule has 0 fully saturated rings. The average molecular weight is 363 g/mol. The molecule has 1 amide bonds. The number of carboxylic acids is 1. The van der Waals surface area contributed by atoms with Gasteiger partial charge < -0.3 is 19.9 Å². The first-order valence-corrected chi connectivity index (χ1v) is 7.35. The number of benzene rings is 2. The van der Waals surface area contributed by atoms with Gasteiger partial charge in [0.15, 0.2) is 11.5 Å². The van der Waals surface area contributed by atoms with E-state index in [1.165, 1.54) is 49.6 Å². The third kappa shape index (κ3) is 5.04. The highest BCUT2D eigenvalue weighted by Gasteiger charge is 2.12. The van der Waals surface area contributed by atoms with Gasteiger partial charge >= 0.3 is 12.6 Å². The number of para-hydroxylation sites is 1. The Kier molecular flexibility index (Phi) is 6.26. The molecule has 0 spiro atoms. The van der Waals surface area contributed by atoms with Crippen molar-refractivity contribution in [1.82, 2.24) is 0 Å².